The molecule has 7 unspecified atom stereocenters. The number of ether oxygens (including phenoxy) is 2. The van der Waals surface area contributed by atoms with Crippen molar-refractivity contribution in [2.75, 3.05) is 13.2 Å². The number of aliphatic hydroxyl groups is 5. The Morgan fingerprint density at radius 2 is 0.778 bits per heavy atom. The van der Waals surface area contributed by atoms with E-state index in [1.54, 1.807) is 6.08 Å². The number of nitrogens with one attached hydrogen (secondary N) is 1. The van der Waals surface area contributed by atoms with E-state index in [2.05, 4.69) is 79.9 Å². The summed E-state index contributed by atoms with van der Waals surface area (Å²) in [5, 5.41) is 54.7. The minimum Gasteiger partial charge on any atom is -0.394 e. The molecule has 7 atom stereocenters. The summed E-state index contributed by atoms with van der Waals surface area (Å²) in [5.41, 5.74) is 0. The van der Waals surface area contributed by atoms with E-state index in [1.165, 1.54) is 238 Å². The van der Waals surface area contributed by atoms with Crippen LogP contribution in [0.15, 0.2) is 72.9 Å². The fourth-order valence-corrected chi connectivity index (χ4v) is 10.9. The quantitative estimate of drug-likeness (QED) is 0.0261. The van der Waals surface area contributed by atoms with Gasteiger partial charge in [0, 0.05) is 6.42 Å². The Kier molecular flexibility index (Phi) is 57.5. The zero-order valence-corrected chi connectivity index (χ0v) is 52.8. The molecule has 0 aromatic heterocycles. The molecular weight excluding hydrogens is 1010 g/mol. The summed E-state index contributed by atoms with van der Waals surface area (Å²) in [6, 6.07) is -0.826. The number of hydrogen-bond acceptors (Lipinski definition) is 8. The standard InChI is InChI=1S/C72H131NO8/c1-3-5-7-9-11-13-15-17-19-21-23-25-27-29-31-33-35-37-39-41-43-45-47-49-51-53-55-57-59-61-66(75)65(64-80-72-71(79)70(78)69(77)67(63-74)81-72)73-68(76)62-60-58-56-54-52-50-48-46-44-42-40-38-36-34-32-30-28-26-24-22-20-18-16-14-12-10-8-6-4-2/h6,8,12,14,18,20,24,26,51,53,59,61,65-67,69-72,74-75,77-79H,3-5,7,9-11,13,15-17,19,21-23,25,27-50,52,54-58,60,62-64H2,1-2H3,(H,73,76)/b8-6-,14-12-,20-18-,26-24-,53-51+,61-59+. The molecule has 9 nitrogen and oxygen atoms in total. The zero-order chi connectivity index (χ0) is 58.6. The normalized spacial score (nSPS) is 18.8. The van der Waals surface area contributed by atoms with Gasteiger partial charge in [-0.3, -0.25) is 4.79 Å². The molecule has 1 fully saturated rings. The molecule has 472 valence electrons. The molecular formula is C72H131NO8. The zero-order valence-electron chi connectivity index (χ0n) is 52.8. The van der Waals surface area contributed by atoms with Crippen LogP contribution in [-0.2, 0) is 14.3 Å². The van der Waals surface area contributed by atoms with Crippen molar-refractivity contribution in [3.63, 3.8) is 0 Å². The summed E-state index contributed by atoms with van der Waals surface area (Å²) in [4.78, 5) is 13.1. The summed E-state index contributed by atoms with van der Waals surface area (Å²) in [7, 11) is 0. The number of aliphatic hydroxyl groups excluding tert-OH is 5. The lowest BCUT2D eigenvalue weighted by Crippen LogP contribution is -2.60. The third-order valence-electron chi connectivity index (χ3n) is 16.3. The topological polar surface area (TPSA) is 149 Å². The molecule has 9 heteroatoms. The molecule has 0 aliphatic carbocycles. The molecule has 1 rings (SSSR count). The lowest BCUT2D eigenvalue weighted by molar-refractivity contribution is -0.302. The van der Waals surface area contributed by atoms with Gasteiger partial charge in [0.05, 0.1) is 25.4 Å². The van der Waals surface area contributed by atoms with Crippen LogP contribution in [0.3, 0.4) is 0 Å². The van der Waals surface area contributed by atoms with Crippen LogP contribution in [0, 0.1) is 0 Å². The smallest absolute Gasteiger partial charge is 0.220 e. The average molecular weight is 1140 g/mol. The van der Waals surface area contributed by atoms with Crippen molar-refractivity contribution >= 4 is 5.91 Å². The van der Waals surface area contributed by atoms with Crippen LogP contribution in [0.25, 0.3) is 0 Å². The van der Waals surface area contributed by atoms with Gasteiger partial charge in [0.25, 0.3) is 0 Å². The first-order valence-electron chi connectivity index (χ1n) is 34.7. The number of amides is 1. The maximum atomic E-state index is 13.1. The van der Waals surface area contributed by atoms with Crippen molar-refractivity contribution < 1.29 is 39.8 Å². The highest BCUT2D eigenvalue weighted by Gasteiger charge is 2.44. The lowest BCUT2D eigenvalue weighted by Gasteiger charge is -2.40. The van der Waals surface area contributed by atoms with E-state index in [9.17, 15) is 30.3 Å². The van der Waals surface area contributed by atoms with Gasteiger partial charge in [0.15, 0.2) is 6.29 Å². The molecule has 0 bridgehead atoms. The third kappa shape index (κ3) is 49.6. The SMILES string of the molecule is CC/C=C\C/C=C\C/C=C\C/C=C\CCCCCCCCCCCCCCCCCCC(=O)NC(COC1OC(CO)C(O)C(O)C1O)C(O)/C=C/CC/C=C/CCCCCCCCCCCCCCCCCCCCCCCCC. The summed E-state index contributed by atoms with van der Waals surface area (Å²) in [6.45, 7) is 3.69. The van der Waals surface area contributed by atoms with Crippen LogP contribution in [0.1, 0.15) is 322 Å². The predicted molar refractivity (Wildman–Crippen MR) is 345 cm³/mol. The molecule has 6 N–H and O–H groups in total. The monoisotopic (exact) mass is 1140 g/mol. The lowest BCUT2D eigenvalue weighted by atomic mass is 9.99. The van der Waals surface area contributed by atoms with E-state index in [4.69, 9.17) is 9.47 Å². The minimum absolute atomic E-state index is 0.184. The van der Waals surface area contributed by atoms with Crippen LogP contribution in [0.5, 0.6) is 0 Å². The highest BCUT2D eigenvalue weighted by Crippen LogP contribution is 2.23. The Labute approximate surface area is 499 Å². The van der Waals surface area contributed by atoms with Gasteiger partial charge in [-0.2, -0.15) is 0 Å². The Hall–Kier alpha value is -2.37. The van der Waals surface area contributed by atoms with Gasteiger partial charge in [-0.1, -0.05) is 318 Å². The number of rotatable bonds is 60. The van der Waals surface area contributed by atoms with Gasteiger partial charge in [-0.15, -0.1) is 0 Å². The average Bonchev–Trinajstić information content (AvgIpc) is 3.51. The van der Waals surface area contributed by atoms with E-state index in [0.29, 0.717) is 6.42 Å². The van der Waals surface area contributed by atoms with Crippen molar-refractivity contribution in [1.82, 2.24) is 5.32 Å². The molecule has 1 aliphatic heterocycles. The first kappa shape index (κ1) is 76.6. The molecule has 1 amide bonds. The second-order valence-electron chi connectivity index (χ2n) is 23.9. The molecule has 81 heavy (non-hydrogen) atoms. The molecule has 0 aromatic carbocycles. The molecule has 0 saturated carbocycles. The van der Waals surface area contributed by atoms with Gasteiger partial charge in [-0.05, 0) is 70.6 Å². The molecule has 1 aliphatic rings. The van der Waals surface area contributed by atoms with Gasteiger partial charge in [0.1, 0.15) is 24.4 Å². The van der Waals surface area contributed by atoms with E-state index >= 15 is 0 Å². The minimum atomic E-state index is -1.58. The molecule has 0 aromatic rings. The number of carbonyl (C=O) groups excluding carboxylic acids is 1. The second kappa shape index (κ2) is 60.7. The largest absolute Gasteiger partial charge is 0.394 e. The Balaban J connectivity index is 2.16. The van der Waals surface area contributed by atoms with Crippen LogP contribution in [0.4, 0.5) is 0 Å². The van der Waals surface area contributed by atoms with Crippen molar-refractivity contribution in [3.8, 4) is 0 Å². The molecule has 0 radical (unpaired) electrons. The molecule has 0 spiro atoms. The summed E-state index contributed by atoms with van der Waals surface area (Å²) in [6.07, 6.45) is 78.7. The van der Waals surface area contributed by atoms with Crippen molar-refractivity contribution in [2.45, 2.75) is 365 Å². The summed E-state index contributed by atoms with van der Waals surface area (Å²) < 4.78 is 11.3. The fraction of sp³-hybridized carbons (Fsp3) is 0.819. The Bertz CT molecular complexity index is 1510. The molecule has 1 saturated heterocycles. The number of hydrogen-bond donors (Lipinski definition) is 6. The van der Waals surface area contributed by atoms with Gasteiger partial charge < -0.3 is 40.3 Å². The van der Waals surface area contributed by atoms with Gasteiger partial charge >= 0.3 is 0 Å². The van der Waals surface area contributed by atoms with Crippen LogP contribution in [0.2, 0.25) is 0 Å². The van der Waals surface area contributed by atoms with Crippen molar-refractivity contribution in [1.29, 1.82) is 0 Å². The van der Waals surface area contributed by atoms with E-state index in [0.717, 1.165) is 64.2 Å². The highest BCUT2D eigenvalue weighted by molar-refractivity contribution is 5.76. The van der Waals surface area contributed by atoms with E-state index < -0.39 is 49.5 Å². The second-order valence-corrected chi connectivity index (χ2v) is 23.9. The Morgan fingerprint density at radius 1 is 0.432 bits per heavy atom. The maximum Gasteiger partial charge on any atom is 0.220 e. The Morgan fingerprint density at radius 3 is 1.19 bits per heavy atom. The first-order chi connectivity index (χ1) is 39.8. The van der Waals surface area contributed by atoms with Crippen molar-refractivity contribution in [3.05, 3.63) is 72.9 Å². The van der Waals surface area contributed by atoms with Crippen LogP contribution in [-0.4, -0.2) is 87.5 Å². The number of allylic oxidation sites excluding steroid dienone is 11. The maximum absolute atomic E-state index is 13.1. The van der Waals surface area contributed by atoms with E-state index in [-0.39, 0.29) is 12.5 Å². The van der Waals surface area contributed by atoms with Gasteiger partial charge in [0.2, 0.25) is 5.91 Å². The fourth-order valence-electron chi connectivity index (χ4n) is 10.9. The van der Waals surface area contributed by atoms with Crippen LogP contribution >= 0.6 is 0 Å². The first-order valence-corrected chi connectivity index (χ1v) is 34.7. The molecule has 1 heterocycles. The highest BCUT2D eigenvalue weighted by atomic mass is 16.7. The predicted octanol–water partition coefficient (Wildman–Crippen LogP) is 18.8. The van der Waals surface area contributed by atoms with E-state index in [1.807, 2.05) is 6.08 Å². The third-order valence-corrected chi connectivity index (χ3v) is 16.3. The van der Waals surface area contributed by atoms with Gasteiger partial charge in [-0.25, -0.2) is 0 Å². The number of unbranched alkanes of at least 4 members (excludes halogenated alkanes) is 40. The van der Waals surface area contributed by atoms with Crippen molar-refractivity contribution in [2.24, 2.45) is 0 Å². The number of carbonyl (C=O) groups is 1. The van der Waals surface area contributed by atoms with Crippen LogP contribution < -0.4 is 5.32 Å². The summed E-state index contributed by atoms with van der Waals surface area (Å²) in [5.74, 6) is -0.184. The summed E-state index contributed by atoms with van der Waals surface area (Å²) >= 11 is 0.